The van der Waals surface area contributed by atoms with Crippen LogP contribution in [-0.4, -0.2) is 51.9 Å². The first-order valence-corrected chi connectivity index (χ1v) is 11.4. The third kappa shape index (κ3) is 5.42. The van der Waals surface area contributed by atoms with Gasteiger partial charge in [0.2, 0.25) is 15.9 Å². The molecule has 0 bridgehead atoms. The van der Waals surface area contributed by atoms with Crippen LogP contribution in [0.5, 0.6) is 5.75 Å². The molecular formula is C22H26N2O6S. The lowest BCUT2D eigenvalue weighted by Gasteiger charge is -2.15. The molecule has 9 heteroatoms. The Balaban J connectivity index is 1.62. The molecule has 2 aromatic rings. The van der Waals surface area contributed by atoms with Gasteiger partial charge in [-0.25, -0.2) is 13.2 Å². The van der Waals surface area contributed by atoms with Crippen molar-refractivity contribution in [2.75, 3.05) is 32.6 Å². The molecule has 31 heavy (non-hydrogen) atoms. The van der Waals surface area contributed by atoms with Crippen LogP contribution in [0.1, 0.15) is 35.2 Å². The van der Waals surface area contributed by atoms with Crippen LogP contribution in [0.2, 0.25) is 0 Å². The molecule has 0 radical (unpaired) electrons. The average Bonchev–Trinajstić information content (AvgIpc) is 3.33. The van der Waals surface area contributed by atoms with Gasteiger partial charge >= 0.3 is 5.97 Å². The van der Waals surface area contributed by atoms with Crippen molar-refractivity contribution in [3.63, 3.8) is 0 Å². The maximum atomic E-state index is 12.6. The number of nitrogens with one attached hydrogen (secondary N) is 1. The number of benzene rings is 2. The highest BCUT2D eigenvalue weighted by Gasteiger charge is 2.26. The van der Waals surface area contributed by atoms with Crippen molar-refractivity contribution in [2.24, 2.45) is 0 Å². The van der Waals surface area contributed by atoms with Crippen molar-refractivity contribution in [3.8, 4) is 5.75 Å². The van der Waals surface area contributed by atoms with E-state index in [2.05, 4.69) is 5.32 Å². The SMILES string of the molecule is COC(=O)c1cc(OC)ccc1NC(=O)CCc1ccc(S(=O)(=O)N2CCCC2)cc1. The molecule has 0 aliphatic carbocycles. The molecule has 1 aliphatic rings. The van der Waals surface area contributed by atoms with E-state index in [1.54, 1.807) is 36.4 Å². The van der Waals surface area contributed by atoms with Crippen LogP contribution in [0.3, 0.4) is 0 Å². The van der Waals surface area contributed by atoms with E-state index in [1.165, 1.54) is 24.6 Å². The molecule has 1 saturated heterocycles. The molecule has 1 amide bonds. The number of ether oxygens (including phenoxy) is 2. The summed E-state index contributed by atoms with van der Waals surface area (Å²) in [6.07, 6.45) is 2.38. The highest BCUT2D eigenvalue weighted by atomic mass is 32.2. The highest BCUT2D eigenvalue weighted by molar-refractivity contribution is 7.89. The monoisotopic (exact) mass is 446 g/mol. The first kappa shape index (κ1) is 22.8. The van der Waals surface area contributed by atoms with Crippen molar-refractivity contribution in [3.05, 3.63) is 53.6 Å². The number of anilines is 1. The van der Waals surface area contributed by atoms with Crippen LogP contribution < -0.4 is 10.1 Å². The Bertz CT molecular complexity index is 1040. The first-order valence-electron chi connectivity index (χ1n) is 10.0. The third-order valence-corrected chi connectivity index (χ3v) is 7.09. The zero-order valence-electron chi connectivity index (χ0n) is 17.6. The zero-order chi connectivity index (χ0) is 22.4. The number of rotatable bonds is 8. The fraction of sp³-hybridized carbons (Fsp3) is 0.364. The number of carbonyl (C=O) groups excluding carboxylic acids is 2. The fourth-order valence-corrected chi connectivity index (χ4v) is 4.93. The van der Waals surface area contributed by atoms with Gasteiger partial charge in [-0.2, -0.15) is 4.31 Å². The summed E-state index contributed by atoms with van der Waals surface area (Å²) in [4.78, 5) is 24.7. The van der Waals surface area contributed by atoms with E-state index in [-0.39, 0.29) is 22.8 Å². The van der Waals surface area contributed by atoms with Gasteiger partial charge in [0.05, 0.1) is 30.4 Å². The number of esters is 1. The number of hydrogen-bond donors (Lipinski definition) is 1. The Morgan fingerprint density at radius 2 is 1.71 bits per heavy atom. The van der Waals surface area contributed by atoms with Gasteiger partial charge in [0.25, 0.3) is 0 Å². The predicted molar refractivity (Wildman–Crippen MR) is 116 cm³/mol. The molecule has 3 rings (SSSR count). The highest BCUT2D eigenvalue weighted by Crippen LogP contribution is 2.24. The second kappa shape index (κ2) is 9.93. The summed E-state index contributed by atoms with van der Waals surface area (Å²) in [5.74, 6) is -0.379. The molecule has 1 aliphatic heterocycles. The van der Waals surface area contributed by atoms with Crippen LogP contribution in [-0.2, 0) is 26.0 Å². The van der Waals surface area contributed by atoms with Crippen molar-refractivity contribution in [1.82, 2.24) is 4.31 Å². The first-order chi connectivity index (χ1) is 14.8. The topological polar surface area (TPSA) is 102 Å². The number of methoxy groups -OCH3 is 2. The number of nitrogens with zero attached hydrogens (tertiary/aromatic N) is 1. The van der Waals surface area contributed by atoms with Gasteiger partial charge in [0.15, 0.2) is 0 Å². The second-order valence-electron chi connectivity index (χ2n) is 7.21. The number of amides is 1. The largest absolute Gasteiger partial charge is 0.497 e. The molecule has 1 N–H and O–H groups in total. The van der Waals surface area contributed by atoms with E-state index >= 15 is 0 Å². The molecule has 2 aromatic carbocycles. The van der Waals surface area contributed by atoms with E-state index < -0.39 is 16.0 Å². The number of aryl methyl sites for hydroxylation is 1. The van der Waals surface area contributed by atoms with Crippen LogP contribution in [0, 0.1) is 0 Å². The maximum absolute atomic E-state index is 12.6. The second-order valence-corrected chi connectivity index (χ2v) is 9.14. The predicted octanol–water partition coefficient (Wildman–Crippen LogP) is 2.84. The van der Waals surface area contributed by atoms with E-state index in [0.717, 1.165) is 18.4 Å². The van der Waals surface area contributed by atoms with Gasteiger partial charge in [0.1, 0.15) is 5.75 Å². The summed E-state index contributed by atoms with van der Waals surface area (Å²) in [6, 6.07) is 11.3. The molecule has 0 spiro atoms. The summed E-state index contributed by atoms with van der Waals surface area (Å²) >= 11 is 0. The smallest absolute Gasteiger partial charge is 0.340 e. The number of carbonyl (C=O) groups is 2. The van der Waals surface area contributed by atoms with Gasteiger partial charge in [-0.05, 0) is 55.2 Å². The summed E-state index contributed by atoms with van der Waals surface area (Å²) in [7, 11) is -0.701. The lowest BCUT2D eigenvalue weighted by Crippen LogP contribution is -2.27. The quantitative estimate of drug-likeness (QED) is 0.626. The van der Waals surface area contributed by atoms with E-state index in [4.69, 9.17) is 9.47 Å². The number of hydrogen-bond acceptors (Lipinski definition) is 6. The van der Waals surface area contributed by atoms with Crippen molar-refractivity contribution in [1.29, 1.82) is 0 Å². The van der Waals surface area contributed by atoms with Gasteiger partial charge in [-0.15, -0.1) is 0 Å². The molecule has 0 atom stereocenters. The normalized spacial score (nSPS) is 14.3. The van der Waals surface area contributed by atoms with E-state index in [9.17, 15) is 18.0 Å². The van der Waals surface area contributed by atoms with Gasteiger partial charge in [-0.3, -0.25) is 4.79 Å². The summed E-state index contributed by atoms with van der Waals surface area (Å²) in [6.45, 7) is 1.12. The van der Waals surface area contributed by atoms with Crippen molar-refractivity contribution in [2.45, 2.75) is 30.6 Å². The zero-order valence-corrected chi connectivity index (χ0v) is 18.4. The number of sulfonamides is 1. The standard InChI is InChI=1S/C22H26N2O6S/c1-29-17-8-11-20(19(15-17)22(26)30-2)23-21(25)12-7-16-5-9-18(10-6-16)31(27,28)24-13-3-4-14-24/h5-6,8-11,15H,3-4,7,12-14H2,1-2H3,(H,23,25). The molecular weight excluding hydrogens is 420 g/mol. The maximum Gasteiger partial charge on any atom is 0.340 e. The van der Waals surface area contributed by atoms with Crippen molar-refractivity contribution >= 4 is 27.6 Å². The molecule has 1 fully saturated rings. The van der Waals surface area contributed by atoms with E-state index in [1.807, 2.05) is 0 Å². The van der Waals surface area contributed by atoms with Crippen LogP contribution in [0.25, 0.3) is 0 Å². The Labute approximate surface area is 182 Å². The van der Waals surface area contributed by atoms with Crippen molar-refractivity contribution < 1.29 is 27.5 Å². The fourth-order valence-electron chi connectivity index (χ4n) is 3.41. The minimum absolute atomic E-state index is 0.171. The Morgan fingerprint density at radius 1 is 1.03 bits per heavy atom. The minimum atomic E-state index is -3.45. The van der Waals surface area contributed by atoms with Crippen LogP contribution in [0.15, 0.2) is 47.4 Å². The molecule has 0 saturated carbocycles. The van der Waals surface area contributed by atoms with Gasteiger partial charge in [0, 0.05) is 19.5 Å². The Morgan fingerprint density at radius 3 is 2.32 bits per heavy atom. The Hall–Kier alpha value is -2.91. The summed E-state index contributed by atoms with van der Waals surface area (Å²) in [5, 5.41) is 2.72. The minimum Gasteiger partial charge on any atom is -0.497 e. The molecule has 1 heterocycles. The third-order valence-electron chi connectivity index (χ3n) is 5.17. The van der Waals surface area contributed by atoms with Gasteiger partial charge < -0.3 is 14.8 Å². The average molecular weight is 447 g/mol. The van der Waals surface area contributed by atoms with Gasteiger partial charge in [-0.1, -0.05) is 12.1 Å². The summed E-state index contributed by atoms with van der Waals surface area (Å²) < 4.78 is 36.6. The lowest BCUT2D eigenvalue weighted by molar-refractivity contribution is -0.116. The summed E-state index contributed by atoms with van der Waals surface area (Å²) in [5.41, 5.74) is 1.38. The molecule has 8 nitrogen and oxygen atoms in total. The van der Waals surface area contributed by atoms with Crippen LogP contribution in [0.4, 0.5) is 5.69 Å². The molecule has 0 aromatic heterocycles. The molecule has 0 unspecified atom stereocenters. The molecule has 166 valence electrons. The van der Waals surface area contributed by atoms with E-state index in [0.29, 0.717) is 30.9 Å². The lowest BCUT2D eigenvalue weighted by atomic mass is 10.1. The van der Waals surface area contributed by atoms with Crippen LogP contribution >= 0.6 is 0 Å². The Kier molecular flexibility index (Phi) is 7.29.